The summed E-state index contributed by atoms with van der Waals surface area (Å²) in [6, 6.07) is 14.3. The minimum Gasteiger partial charge on any atom is -0.356 e. The third kappa shape index (κ3) is 7.02. The van der Waals surface area contributed by atoms with E-state index in [-0.39, 0.29) is 17.6 Å². The van der Waals surface area contributed by atoms with Gasteiger partial charge < -0.3 is 16.0 Å². The molecule has 1 unspecified atom stereocenters. The average Bonchev–Trinajstić information content (AvgIpc) is 2.70. The van der Waals surface area contributed by atoms with Crippen molar-refractivity contribution in [3.8, 4) is 0 Å². The van der Waals surface area contributed by atoms with Crippen molar-refractivity contribution in [1.82, 2.24) is 10.6 Å². The van der Waals surface area contributed by atoms with E-state index in [1.54, 1.807) is 13.1 Å². The van der Waals surface area contributed by atoms with Crippen LogP contribution in [0.5, 0.6) is 0 Å². The fourth-order valence-corrected chi connectivity index (χ4v) is 2.63. The van der Waals surface area contributed by atoms with Crippen molar-refractivity contribution < 1.29 is 9.18 Å². The Kier molecular flexibility index (Phi) is 8.46. The normalized spacial score (nSPS) is 12.4. The van der Waals surface area contributed by atoms with Crippen LogP contribution >= 0.6 is 0 Å². The molecule has 0 saturated heterocycles. The maximum Gasteiger partial charge on any atom is 0.227 e. The van der Waals surface area contributed by atoms with E-state index in [4.69, 9.17) is 0 Å². The first kappa shape index (κ1) is 21.4. The number of halogens is 1. The molecule has 0 spiro atoms. The maximum atomic E-state index is 13.2. The molecular weight excluding hydrogens is 355 g/mol. The van der Waals surface area contributed by atoms with Crippen LogP contribution in [0, 0.1) is 11.7 Å². The number of anilines is 1. The van der Waals surface area contributed by atoms with E-state index in [9.17, 15) is 9.18 Å². The molecule has 0 aliphatic rings. The van der Waals surface area contributed by atoms with E-state index in [2.05, 4.69) is 20.9 Å². The summed E-state index contributed by atoms with van der Waals surface area (Å²) < 4.78 is 13.2. The van der Waals surface area contributed by atoms with Crippen LogP contribution in [0.15, 0.2) is 53.5 Å². The first-order chi connectivity index (χ1) is 13.5. The van der Waals surface area contributed by atoms with Crippen molar-refractivity contribution in [3.05, 3.63) is 65.5 Å². The van der Waals surface area contributed by atoms with Gasteiger partial charge in [-0.2, -0.15) is 0 Å². The van der Waals surface area contributed by atoms with Crippen molar-refractivity contribution in [2.45, 2.75) is 33.2 Å². The molecule has 5 nitrogen and oxygen atoms in total. The lowest BCUT2D eigenvalue weighted by molar-refractivity contribution is -0.119. The summed E-state index contributed by atoms with van der Waals surface area (Å²) in [5.41, 5.74) is 2.77. The van der Waals surface area contributed by atoms with Crippen molar-refractivity contribution in [2.75, 3.05) is 18.9 Å². The van der Waals surface area contributed by atoms with Crippen LogP contribution in [-0.4, -0.2) is 25.5 Å². The highest BCUT2D eigenvalue weighted by atomic mass is 19.1. The summed E-state index contributed by atoms with van der Waals surface area (Å²) in [6.45, 7) is 5.14. The quantitative estimate of drug-likeness (QED) is 0.480. The van der Waals surface area contributed by atoms with Crippen molar-refractivity contribution in [2.24, 2.45) is 10.9 Å². The van der Waals surface area contributed by atoms with Gasteiger partial charge in [0.1, 0.15) is 5.82 Å². The number of carbonyl (C=O) groups excluding carboxylic acids is 1. The molecule has 0 aromatic heterocycles. The molecule has 28 heavy (non-hydrogen) atoms. The lowest BCUT2D eigenvalue weighted by Gasteiger charge is -2.14. The number of nitrogens with zero attached hydrogens (tertiary/aromatic N) is 1. The van der Waals surface area contributed by atoms with Crippen LogP contribution in [-0.2, 0) is 17.8 Å². The fraction of sp³-hybridized carbons (Fsp3) is 0.364. The maximum absolute atomic E-state index is 13.2. The van der Waals surface area contributed by atoms with Gasteiger partial charge in [0, 0.05) is 31.7 Å². The van der Waals surface area contributed by atoms with Crippen LogP contribution in [0.25, 0.3) is 0 Å². The second-order valence-corrected chi connectivity index (χ2v) is 6.73. The van der Waals surface area contributed by atoms with Crippen LogP contribution in [0.4, 0.5) is 10.1 Å². The highest BCUT2D eigenvalue weighted by molar-refractivity contribution is 5.92. The number of hydrogen-bond acceptors (Lipinski definition) is 2. The van der Waals surface area contributed by atoms with Gasteiger partial charge in [-0.25, -0.2) is 4.39 Å². The lowest BCUT2D eigenvalue weighted by atomic mass is 10.1. The molecule has 6 heteroatoms. The molecule has 0 aliphatic heterocycles. The Morgan fingerprint density at radius 1 is 1.11 bits per heavy atom. The summed E-state index contributed by atoms with van der Waals surface area (Å²) in [5.74, 6) is 0.469. The van der Waals surface area contributed by atoms with Gasteiger partial charge in [-0.15, -0.1) is 0 Å². The second-order valence-electron chi connectivity index (χ2n) is 6.73. The zero-order chi connectivity index (χ0) is 20.4. The third-order valence-corrected chi connectivity index (χ3v) is 4.53. The van der Waals surface area contributed by atoms with Gasteiger partial charge in [0.05, 0.1) is 0 Å². The molecule has 0 saturated carbocycles. The van der Waals surface area contributed by atoms with Crippen LogP contribution in [0.1, 0.15) is 31.4 Å². The number of benzene rings is 2. The van der Waals surface area contributed by atoms with E-state index in [1.165, 1.54) is 12.1 Å². The number of nitrogens with one attached hydrogen (secondary N) is 3. The zero-order valence-electron chi connectivity index (χ0n) is 16.8. The Balaban J connectivity index is 1.82. The molecule has 2 aromatic rings. The number of guanidine groups is 1. The smallest absolute Gasteiger partial charge is 0.227 e. The molecule has 0 radical (unpaired) electrons. The van der Waals surface area contributed by atoms with Crippen molar-refractivity contribution in [3.63, 3.8) is 0 Å². The summed E-state index contributed by atoms with van der Waals surface area (Å²) in [7, 11) is 1.71. The van der Waals surface area contributed by atoms with Crippen molar-refractivity contribution in [1.29, 1.82) is 0 Å². The van der Waals surface area contributed by atoms with E-state index in [0.29, 0.717) is 25.5 Å². The van der Waals surface area contributed by atoms with Gasteiger partial charge in [-0.1, -0.05) is 38.1 Å². The number of amides is 1. The fourth-order valence-electron chi connectivity index (χ4n) is 2.63. The highest BCUT2D eigenvalue weighted by Gasteiger charge is 2.10. The number of aliphatic imine (C=N–C) groups is 1. The highest BCUT2D eigenvalue weighted by Crippen LogP contribution is 2.13. The Morgan fingerprint density at radius 2 is 1.86 bits per heavy atom. The van der Waals surface area contributed by atoms with Crippen LogP contribution < -0.4 is 16.0 Å². The second kappa shape index (κ2) is 11.1. The number of hydrogen-bond donors (Lipinski definition) is 3. The molecule has 2 aromatic carbocycles. The Bertz CT molecular complexity index is 807. The molecule has 150 valence electrons. The summed E-state index contributed by atoms with van der Waals surface area (Å²) in [4.78, 5) is 16.3. The van der Waals surface area contributed by atoms with Crippen LogP contribution in [0.3, 0.4) is 0 Å². The number of rotatable bonds is 8. The molecule has 1 atom stereocenters. The van der Waals surface area contributed by atoms with E-state index in [1.807, 2.05) is 44.2 Å². The Morgan fingerprint density at radius 3 is 2.57 bits per heavy atom. The molecule has 3 N–H and O–H groups in total. The molecule has 2 rings (SSSR count). The monoisotopic (exact) mass is 384 g/mol. The van der Waals surface area contributed by atoms with Crippen LogP contribution in [0.2, 0.25) is 0 Å². The minimum atomic E-state index is -0.222. The van der Waals surface area contributed by atoms with E-state index >= 15 is 0 Å². The molecule has 0 bridgehead atoms. The van der Waals surface area contributed by atoms with Gasteiger partial charge in [0.25, 0.3) is 0 Å². The first-order valence-corrected chi connectivity index (χ1v) is 9.60. The molecule has 1 amide bonds. The largest absolute Gasteiger partial charge is 0.356 e. The van der Waals surface area contributed by atoms with Gasteiger partial charge in [-0.05, 0) is 48.2 Å². The predicted octanol–water partition coefficient (Wildman–Crippen LogP) is 3.72. The lowest BCUT2D eigenvalue weighted by Crippen LogP contribution is -2.37. The first-order valence-electron chi connectivity index (χ1n) is 9.60. The van der Waals surface area contributed by atoms with Gasteiger partial charge in [0.15, 0.2) is 5.96 Å². The van der Waals surface area contributed by atoms with Crippen molar-refractivity contribution >= 4 is 17.6 Å². The third-order valence-electron chi connectivity index (χ3n) is 4.53. The number of carbonyl (C=O) groups is 1. The topological polar surface area (TPSA) is 65.5 Å². The SMILES string of the molecule is CCC(C)C(=O)Nc1cccc(CNC(=NC)NCCc2cccc(F)c2)c1. The van der Waals surface area contributed by atoms with Gasteiger partial charge in [0.2, 0.25) is 5.91 Å². The zero-order valence-corrected chi connectivity index (χ0v) is 16.8. The Labute approximate surface area is 166 Å². The molecule has 0 fully saturated rings. The summed E-state index contributed by atoms with van der Waals surface area (Å²) >= 11 is 0. The summed E-state index contributed by atoms with van der Waals surface area (Å²) in [6.07, 6.45) is 1.51. The molecular formula is C22H29FN4O. The van der Waals surface area contributed by atoms with Gasteiger partial charge >= 0.3 is 0 Å². The van der Waals surface area contributed by atoms with E-state index in [0.717, 1.165) is 23.2 Å². The average molecular weight is 384 g/mol. The Hall–Kier alpha value is -2.89. The standard InChI is InChI=1S/C22H29FN4O/c1-4-16(2)21(28)27-20-10-6-8-18(14-20)15-26-22(24-3)25-12-11-17-7-5-9-19(23)13-17/h5-10,13-14,16H,4,11-12,15H2,1-3H3,(H,27,28)(H2,24,25,26). The minimum absolute atomic E-state index is 0.0112. The van der Waals surface area contributed by atoms with Gasteiger partial charge in [-0.3, -0.25) is 9.79 Å². The predicted molar refractivity (Wildman–Crippen MR) is 113 cm³/mol. The molecule has 0 aliphatic carbocycles. The summed E-state index contributed by atoms with van der Waals surface area (Å²) in [5, 5.41) is 9.42. The van der Waals surface area contributed by atoms with E-state index < -0.39 is 0 Å². The molecule has 0 heterocycles.